The van der Waals surface area contributed by atoms with E-state index in [9.17, 15) is 9.90 Å². The van der Waals surface area contributed by atoms with Crippen molar-refractivity contribution >= 4 is 33.9 Å². The van der Waals surface area contributed by atoms with Crippen molar-refractivity contribution in [2.24, 2.45) is 5.73 Å². The number of nitrogens with one attached hydrogen (secondary N) is 1. The lowest BCUT2D eigenvalue weighted by molar-refractivity contribution is 0.0944. The Hall–Kier alpha value is -2.14. The van der Waals surface area contributed by atoms with Crippen LogP contribution in [0, 0.1) is 0 Å². The highest BCUT2D eigenvalue weighted by atomic mass is 32.1. The molecule has 1 amide bonds. The molecular formula is C15H16N2O2S. The number of carbonyl (C=O) groups is 1. The number of rotatable bonds is 4. The monoisotopic (exact) mass is 288 g/mol. The molecular weight excluding hydrogens is 272 g/mol. The van der Waals surface area contributed by atoms with Crippen LogP contribution < -0.4 is 11.1 Å². The first-order valence-electron chi connectivity index (χ1n) is 6.35. The Balaban J connectivity index is 2.35. The Bertz CT molecular complexity index is 670. The van der Waals surface area contributed by atoms with Crippen LogP contribution in [0.4, 0.5) is 0 Å². The van der Waals surface area contributed by atoms with Gasteiger partial charge in [0.1, 0.15) is 5.75 Å². The molecule has 0 saturated heterocycles. The van der Waals surface area contributed by atoms with Gasteiger partial charge in [0.2, 0.25) is 0 Å². The van der Waals surface area contributed by atoms with Crippen molar-refractivity contribution in [3.05, 3.63) is 42.0 Å². The van der Waals surface area contributed by atoms with Gasteiger partial charge in [-0.3, -0.25) is 4.79 Å². The minimum absolute atomic E-state index is 0.0293. The van der Waals surface area contributed by atoms with E-state index >= 15 is 0 Å². The third kappa shape index (κ3) is 2.72. The van der Waals surface area contributed by atoms with Gasteiger partial charge in [-0.05, 0) is 17.9 Å². The zero-order valence-corrected chi connectivity index (χ0v) is 11.9. The number of carbonyl (C=O) groups excluding carboxylic acids is 1. The van der Waals surface area contributed by atoms with E-state index in [4.69, 9.17) is 18.0 Å². The zero-order chi connectivity index (χ0) is 14.7. The standard InChI is InChI=1S/C15H16N2O2S/c1-2-12(14(16)20)17-15(19)11-8-7-9-5-3-4-6-10(9)13(11)18/h3-8,12,18H,2H2,1H3,(H2,16,20)(H,17,19). The maximum atomic E-state index is 12.2. The number of phenolic OH excluding ortho intramolecular Hbond substituents is 1. The number of thiocarbonyl (C=S) groups is 1. The molecule has 0 radical (unpaired) electrons. The maximum absolute atomic E-state index is 12.2. The summed E-state index contributed by atoms with van der Waals surface area (Å²) in [5.74, 6) is -0.411. The molecule has 0 fully saturated rings. The van der Waals surface area contributed by atoms with Gasteiger partial charge in [0.05, 0.1) is 16.6 Å². The fourth-order valence-corrected chi connectivity index (χ4v) is 2.27. The summed E-state index contributed by atoms with van der Waals surface area (Å²) in [5.41, 5.74) is 5.78. The molecule has 0 bridgehead atoms. The molecule has 2 rings (SSSR count). The summed E-state index contributed by atoms with van der Waals surface area (Å²) in [6.07, 6.45) is 0.607. The highest BCUT2D eigenvalue weighted by Gasteiger charge is 2.18. The summed E-state index contributed by atoms with van der Waals surface area (Å²) in [7, 11) is 0. The lowest BCUT2D eigenvalue weighted by Crippen LogP contribution is -2.43. The Morgan fingerprint density at radius 3 is 2.70 bits per heavy atom. The zero-order valence-electron chi connectivity index (χ0n) is 11.1. The molecule has 0 spiro atoms. The fraction of sp³-hybridized carbons (Fsp3) is 0.200. The topological polar surface area (TPSA) is 75.3 Å². The van der Waals surface area contributed by atoms with Gasteiger partial charge in [-0.15, -0.1) is 0 Å². The summed E-state index contributed by atoms with van der Waals surface area (Å²) in [5, 5.41) is 14.5. The van der Waals surface area contributed by atoms with Crippen molar-refractivity contribution in [2.45, 2.75) is 19.4 Å². The third-order valence-electron chi connectivity index (χ3n) is 3.20. The largest absolute Gasteiger partial charge is 0.506 e. The molecule has 4 N–H and O–H groups in total. The molecule has 2 aromatic carbocycles. The van der Waals surface area contributed by atoms with Gasteiger partial charge in [-0.1, -0.05) is 49.5 Å². The van der Waals surface area contributed by atoms with E-state index in [2.05, 4.69) is 5.32 Å². The minimum Gasteiger partial charge on any atom is -0.506 e. The van der Waals surface area contributed by atoms with Crippen molar-refractivity contribution in [1.82, 2.24) is 5.32 Å². The van der Waals surface area contributed by atoms with Gasteiger partial charge in [0.15, 0.2) is 0 Å². The lowest BCUT2D eigenvalue weighted by Gasteiger charge is -2.16. The average molecular weight is 288 g/mol. The minimum atomic E-state index is -0.382. The number of benzene rings is 2. The normalized spacial score (nSPS) is 12.1. The van der Waals surface area contributed by atoms with Gasteiger partial charge < -0.3 is 16.2 Å². The van der Waals surface area contributed by atoms with Gasteiger partial charge in [0.25, 0.3) is 5.91 Å². The Kier molecular flexibility index (Phi) is 4.20. The molecule has 104 valence electrons. The highest BCUT2D eigenvalue weighted by Crippen LogP contribution is 2.28. The predicted molar refractivity (Wildman–Crippen MR) is 83.9 cm³/mol. The summed E-state index contributed by atoms with van der Waals surface area (Å²) in [6.45, 7) is 1.88. The third-order valence-corrected chi connectivity index (χ3v) is 3.49. The maximum Gasteiger partial charge on any atom is 0.255 e. The molecule has 0 saturated carbocycles. The van der Waals surface area contributed by atoms with Crippen LogP contribution in [0.1, 0.15) is 23.7 Å². The van der Waals surface area contributed by atoms with Crippen molar-refractivity contribution < 1.29 is 9.90 Å². The molecule has 2 aromatic rings. The number of aromatic hydroxyl groups is 1. The lowest BCUT2D eigenvalue weighted by atomic mass is 10.0. The smallest absolute Gasteiger partial charge is 0.255 e. The van der Waals surface area contributed by atoms with E-state index in [0.29, 0.717) is 11.8 Å². The van der Waals surface area contributed by atoms with Crippen molar-refractivity contribution in [2.75, 3.05) is 0 Å². The van der Waals surface area contributed by atoms with E-state index in [1.54, 1.807) is 18.2 Å². The number of amides is 1. The van der Waals surface area contributed by atoms with Crippen LogP contribution in [-0.4, -0.2) is 22.0 Å². The molecule has 0 aliphatic carbocycles. The molecule has 0 aliphatic rings. The van der Waals surface area contributed by atoms with Crippen LogP contribution in [0.25, 0.3) is 10.8 Å². The summed E-state index contributed by atoms with van der Waals surface area (Å²) in [4.78, 5) is 12.4. The molecule has 5 heteroatoms. The Morgan fingerprint density at radius 1 is 1.35 bits per heavy atom. The first-order valence-corrected chi connectivity index (χ1v) is 6.76. The van der Waals surface area contributed by atoms with Gasteiger partial charge in [-0.25, -0.2) is 0 Å². The van der Waals surface area contributed by atoms with Crippen LogP contribution >= 0.6 is 12.2 Å². The van der Waals surface area contributed by atoms with Crippen LogP contribution in [0.2, 0.25) is 0 Å². The second kappa shape index (κ2) is 5.88. The second-order valence-electron chi connectivity index (χ2n) is 4.52. The van der Waals surface area contributed by atoms with Gasteiger partial charge >= 0.3 is 0 Å². The number of hydrogen-bond acceptors (Lipinski definition) is 3. The summed E-state index contributed by atoms with van der Waals surface area (Å²) < 4.78 is 0. The van der Waals surface area contributed by atoms with Crippen LogP contribution in [0.15, 0.2) is 36.4 Å². The van der Waals surface area contributed by atoms with Crippen LogP contribution in [0.5, 0.6) is 5.75 Å². The molecule has 4 nitrogen and oxygen atoms in total. The van der Waals surface area contributed by atoms with E-state index in [1.165, 1.54) is 0 Å². The van der Waals surface area contributed by atoms with Crippen molar-refractivity contribution in [3.63, 3.8) is 0 Å². The molecule has 0 aromatic heterocycles. The molecule has 0 aliphatic heterocycles. The first kappa shape index (κ1) is 14.3. The second-order valence-corrected chi connectivity index (χ2v) is 4.99. The summed E-state index contributed by atoms with van der Waals surface area (Å²) >= 11 is 4.89. The SMILES string of the molecule is CCC(NC(=O)c1ccc2ccccc2c1O)C(N)=S. The number of hydrogen-bond donors (Lipinski definition) is 3. The fourth-order valence-electron chi connectivity index (χ4n) is 2.05. The predicted octanol–water partition coefficient (Wildman–Crippen LogP) is 2.34. The van der Waals surface area contributed by atoms with Crippen LogP contribution in [0.3, 0.4) is 0 Å². The van der Waals surface area contributed by atoms with Crippen molar-refractivity contribution in [1.29, 1.82) is 0 Å². The quantitative estimate of drug-likeness (QED) is 0.755. The molecule has 1 unspecified atom stereocenters. The van der Waals surface area contributed by atoms with E-state index in [1.807, 2.05) is 25.1 Å². The average Bonchev–Trinajstić information content (AvgIpc) is 2.44. The molecule has 1 atom stereocenters. The highest BCUT2D eigenvalue weighted by molar-refractivity contribution is 7.80. The Morgan fingerprint density at radius 2 is 2.05 bits per heavy atom. The molecule has 20 heavy (non-hydrogen) atoms. The van der Waals surface area contributed by atoms with Crippen molar-refractivity contribution in [3.8, 4) is 5.75 Å². The number of nitrogens with two attached hydrogens (primary N) is 1. The Labute approximate surface area is 122 Å². The van der Waals surface area contributed by atoms with Gasteiger partial charge in [0, 0.05) is 5.39 Å². The summed E-state index contributed by atoms with van der Waals surface area (Å²) in [6, 6.07) is 10.4. The number of fused-ring (bicyclic) bond motifs is 1. The molecule has 0 heterocycles. The first-order chi connectivity index (χ1) is 9.54. The van der Waals surface area contributed by atoms with Crippen LogP contribution in [-0.2, 0) is 0 Å². The van der Waals surface area contributed by atoms with E-state index in [0.717, 1.165) is 5.39 Å². The number of phenols is 1. The van der Waals surface area contributed by atoms with Gasteiger partial charge in [-0.2, -0.15) is 0 Å². The van der Waals surface area contributed by atoms with E-state index < -0.39 is 0 Å². The van der Waals surface area contributed by atoms with E-state index in [-0.39, 0.29) is 28.3 Å².